The summed E-state index contributed by atoms with van der Waals surface area (Å²) in [6, 6.07) is 12.1. The molecule has 1 saturated heterocycles. The highest BCUT2D eigenvalue weighted by atomic mass is 35.5. The van der Waals surface area contributed by atoms with E-state index < -0.39 is 0 Å². The maximum absolute atomic E-state index is 6.09. The molecular weight excluding hydrogens is 374 g/mol. The molecule has 1 aliphatic heterocycles. The lowest BCUT2D eigenvalue weighted by Crippen LogP contribution is -2.16. The van der Waals surface area contributed by atoms with E-state index in [9.17, 15) is 0 Å². The van der Waals surface area contributed by atoms with Crippen LogP contribution < -0.4 is 0 Å². The Morgan fingerprint density at radius 3 is 3.00 bits per heavy atom. The highest BCUT2D eigenvalue weighted by Gasteiger charge is 2.22. The average molecular weight is 392 g/mol. The summed E-state index contributed by atoms with van der Waals surface area (Å²) in [7, 11) is 0. The van der Waals surface area contributed by atoms with Gasteiger partial charge in [0.2, 0.25) is 0 Å². The Hall–Kier alpha value is -1.34. The summed E-state index contributed by atoms with van der Waals surface area (Å²) in [5.41, 5.74) is 1.18. The summed E-state index contributed by atoms with van der Waals surface area (Å²) in [5.74, 6) is 1.74. The van der Waals surface area contributed by atoms with E-state index in [1.165, 1.54) is 5.56 Å². The molecule has 1 atom stereocenters. The summed E-state index contributed by atoms with van der Waals surface area (Å²) in [5, 5.41) is 12.7. The monoisotopic (exact) mass is 391 g/mol. The summed E-state index contributed by atoms with van der Waals surface area (Å²) in [6.07, 6.45) is 2.48. The van der Waals surface area contributed by atoms with Crippen LogP contribution in [0.4, 0.5) is 0 Å². The van der Waals surface area contributed by atoms with Crippen LogP contribution >= 0.6 is 34.7 Å². The number of hydrogen-bond donors (Lipinski definition) is 0. The van der Waals surface area contributed by atoms with Crippen LogP contribution in [0.2, 0.25) is 5.02 Å². The number of rotatable bonds is 6. The molecule has 3 aromatic rings. The third-order valence-corrected chi connectivity index (χ3v) is 6.26. The number of halogens is 1. The van der Waals surface area contributed by atoms with Crippen LogP contribution in [0, 0.1) is 0 Å². The molecule has 4 nitrogen and oxygen atoms in total. The molecule has 0 bridgehead atoms. The zero-order valence-corrected chi connectivity index (χ0v) is 16.0. The maximum atomic E-state index is 6.09. The molecule has 7 heteroatoms. The summed E-state index contributed by atoms with van der Waals surface area (Å²) >= 11 is 9.46. The molecule has 4 rings (SSSR count). The van der Waals surface area contributed by atoms with Crippen LogP contribution in [0.1, 0.15) is 18.4 Å². The minimum Gasteiger partial charge on any atom is -0.376 e. The fourth-order valence-corrected chi connectivity index (χ4v) is 4.74. The summed E-state index contributed by atoms with van der Waals surface area (Å²) in [4.78, 5) is 1.14. The molecule has 2 aromatic heterocycles. The van der Waals surface area contributed by atoms with Crippen LogP contribution in [-0.4, -0.2) is 27.5 Å². The molecule has 1 fully saturated rings. The van der Waals surface area contributed by atoms with E-state index in [0.717, 1.165) is 52.6 Å². The van der Waals surface area contributed by atoms with Gasteiger partial charge in [-0.15, -0.1) is 21.5 Å². The van der Waals surface area contributed by atoms with E-state index in [-0.39, 0.29) is 6.10 Å². The third-order valence-electron chi connectivity index (χ3n) is 4.13. The number of nitrogens with zero attached hydrogens (tertiary/aromatic N) is 3. The lowest BCUT2D eigenvalue weighted by molar-refractivity contribution is 0.0953. The maximum Gasteiger partial charge on any atom is 0.191 e. The van der Waals surface area contributed by atoms with Gasteiger partial charge in [-0.2, -0.15) is 0 Å². The molecule has 0 saturated carbocycles. The van der Waals surface area contributed by atoms with Crippen molar-refractivity contribution < 1.29 is 4.74 Å². The molecule has 25 heavy (non-hydrogen) atoms. The number of thiophene rings is 1. The number of hydrogen-bond acceptors (Lipinski definition) is 5. The van der Waals surface area contributed by atoms with Crippen LogP contribution in [0.3, 0.4) is 0 Å². The Morgan fingerprint density at radius 2 is 2.24 bits per heavy atom. The van der Waals surface area contributed by atoms with Crippen LogP contribution in [0.15, 0.2) is 46.9 Å². The van der Waals surface area contributed by atoms with Gasteiger partial charge in [-0.1, -0.05) is 41.6 Å². The molecule has 1 unspecified atom stereocenters. The molecule has 0 spiro atoms. The Labute approximate surface area is 160 Å². The standard InChI is InChI=1S/C18H18ClN3OS2/c19-14-5-1-4-13(10-14)12-25-18-21-20-17(16-7-3-9-24-16)22(18)11-15-6-2-8-23-15/h1,3-5,7,9-10,15H,2,6,8,11-12H2. The Morgan fingerprint density at radius 1 is 1.28 bits per heavy atom. The molecule has 1 aromatic carbocycles. The van der Waals surface area contributed by atoms with Crippen molar-refractivity contribution in [2.24, 2.45) is 0 Å². The smallest absolute Gasteiger partial charge is 0.191 e. The van der Waals surface area contributed by atoms with Gasteiger partial charge in [-0.3, -0.25) is 4.57 Å². The van der Waals surface area contributed by atoms with Gasteiger partial charge >= 0.3 is 0 Å². The second-order valence-corrected chi connectivity index (χ2v) is 8.27. The number of thioether (sulfide) groups is 1. The largest absolute Gasteiger partial charge is 0.376 e. The first-order valence-corrected chi connectivity index (χ1v) is 10.5. The van der Waals surface area contributed by atoms with Gasteiger partial charge in [-0.05, 0) is 42.0 Å². The first kappa shape index (κ1) is 17.1. The topological polar surface area (TPSA) is 39.9 Å². The molecule has 130 valence electrons. The molecule has 1 aliphatic rings. The van der Waals surface area contributed by atoms with Crippen molar-refractivity contribution in [1.82, 2.24) is 14.8 Å². The Balaban J connectivity index is 1.57. The normalized spacial score (nSPS) is 17.2. The average Bonchev–Trinajstić information content (AvgIpc) is 3.36. The van der Waals surface area contributed by atoms with Crippen molar-refractivity contribution in [2.45, 2.75) is 36.4 Å². The number of aromatic nitrogens is 3. The van der Waals surface area contributed by atoms with E-state index in [0.29, 0.717) is 0 Å². The third kappa shape index (κ3) is 4.08. The predicted octanol–water partition coefficient (Wildman–Crippen LogP) is 5.13. The van der Waals surface area contributed by atoms with Crippen molar-refractivity contribution in [1.29, 1.82) is 0 Å². The van der Waals surface area contributed by atoms with Crippen molar-refractivity contribution in [2.75, 3.05) is 6.61 Å². The van der Waals surface area contributed by atoms with Crippen molar-refractivity contribution in [3.63, 3.8) is 0 Å². The van der Waals surface area contributed by atoms with E-state index in [4.69, 9.17) is 16.3 Å². The molecule has 3 heterocycles. The van der Waals surface area contributed by atoms with Gasteiger partial charge in [0, 0.05) is 17.4 Å². The van der Waals surface area contributed by atoms with Gasteiger partial charge in [0.25, 0.3) is 0 Å². The molecular formula is C18H18ClN3OS2. The minimum absolute atomic E-state index is 0.250. The van der Waals surface area contributed by atoms with Crippen LogP contribution in [0.5, 0.6) is 0 Å². The quantitative estimate of drug-likeness (QED) is 0.546. The van der Waals surface area contributed by atoms with Crippen LogP contribution in [0.25, 0.3) is 10.7 Å². The first-order valence-electron chi connectivity index (χ1n) is 8.25. The summed E-state index contributed by atoms with van der Waals surface area (Å²) in [6.45, 7) is 1.66. The minimum atomic E-state index is 0.250. The van der Waals surface area contributed by atoms with E-state index >= 15 is 0 Å². The zero-order valence-electron chi connectivity index (χ0n) is 13.6. The lowest BCUT2D eigenvalue weighted by atomic mass is 10.2. The second kappa shape index (κ2) is 7.91. The van der Waals surface area contributed by atoms with E-state index in [1.54, 1.807) is 23.1 Å². The van der Waals surface area contributed by atoms with Crippen molar-refractivity contribution in [3.8, 4) is 10.7 Å². The van der Waals surface area contributed by atoms with E-state index in [1.807, 2.05) is 24.3 Å². The molecule has 0 aliphatic carbocycles. The van der Waals surface area contributed by atoms with Gasteiger partial charge in [0.1, 0.15) is 0 Å². The zero-order chi connectivity index (χ0) is 17.1. The molecule has 0 N–H and O–H groups in total. The highest BCUT2D eigenvalue weighted by Crippen LogP contribution is 2.30. The van der Waals surface area contributed by atoms with Gasteiger partial charge in [-0.25, -0.2) is 0 Å². The predicted molar refractivity (Wildman–Crippen MR) is 103 cm³/mol. The first-order chi connectivity index (χ1) is 12.3. The number of ether oxygens (including phenoxy) is 1. The Bertz CT molecular complexity index is 829. The van der Waals surface area contributed by atoms with Crippen LogP contribution in [-0.2, 0) is 17.0 Å². The highest BCUT2D eigenvalue weighted by molar-refractivity contribution is 7.98. The fourth-order valence-electron chi connectivity index (χ4n) is 2.91. The van der Waals surface area contributed by atoms with E-state index in [2.05, 4.69) is 32.3 Å². The van der Waals surface area contributed by atoms with Crippen molar-refractivity contribution in [3.05, 3.63) is 52.4 Å². The fraction of sp³-hybridized carbons (Fsp3) is 0.333. The number of benzene rings is 1. The molecule has 0 radical (unpaired) electrons. The lowest BCUT2D eigenvalue weighted by Gasteiger charge is -2.14. The van der Waals surface area contributed by atoms with Gasteiger partial charge in [0.15, 0.2) is 11.0 Å². The Kier molecular flexibility index (Phi) is 5.41. The molecule has 0 amide bonds. The van der Waals surface area contributed by atoms with Crippen molar-refractivity contribution >= 4 is 34.7 Å². The SMILES string of the molecule is Clc1cccc(CSc2nnc(-c3cccs3)n2CC2CCCO2)c1. The summed E-state index contributed by atoms with van der Waals surface area (Å²) < 4.78 is 8.04. The second-order valence-electron chi connectivity index (χ2n) is 5.95. The van der Waals surface area contributed by atoms with Gasteiger partial charge < -0.3 is 4.74 Å². The van der Waals surface area contributed by atoms with Gasteiger partial charge in [0.05, 0.1) is 17.5 Å².